The normalized spacial score (nSPS) is 20.0. The zero-order valence-corrected chi connectivity index (χ0v) is 14.3. The van der Waals surface area contributed by atoms with Gasteiger partial charge in [0.25, 0.3) is 0 Å². The molecular weight excluding hydrogens is 276 g/mol. The number of hydrogen-bond acceptors (Lipinski definition) is 3. The first-order valence-corrected chi connectivity index (χ1v) is 8.05. The molecule has 1 aromatic rings. The van der Waals surface area contributed by atoms with Crippen molar-refractivity contribution in [3.63, 3.8) is 0 Å². The Morgan fingerprint density at radius 3 is 2.55 bits per heavy atom. The van der Waals surface area contributed by atoms with Crippen molar-refractivity contribution in [2.45, 2.75) is 58.7 Å². The molecule has 1 aliphatic heterocycles. The molecular formula is C18H28N2O2. The Morgan fingerprint density at radius 2 is 1.95 bits per heavy atom. The second-order valence-corrected chi connectivity index (χ2v) is 7.21. The van der Waals surface area contributed by atoms with Crippen molar-refractivity contribution in [1.29, 1.82) is 0 Å². The van der Waals surface area contributed by atoms with Crippen LogP contribution in [0.1, 0.15) is 51.3 Å². The second kappa shape index (κ2) is 6.69. The van der Waals surface area contributed by atoms with Crippen LogP contribution in [0.15, 0.2) is 24.3 Å². The maximum Gasteiger partial charge on any atom is 0.410 e. The number of benzene rings is 1. The molecule has 1 fully saturated rings. The minimum absolute atomic E-state index is 0.209. The highest BCUT2D eigenvalue weighted by molar-refractivity contribution is 5.68. The molecule has 0 saturated carbocycles. The molecule has 0 aliphatic carbocycles. The van der Waals surface area contributed by atoms with Crippen LogP contribution >= 0.6 is 0 Å². The fourth-order valence-corrected chi connectivity index (χ4v) is 2.69. The highest BCUT2D eigenvalue weighted by atomic mass is 16.6. The number of likely N-dealkylation sites (tertiary alicyclic amines) is 1. The number of carbonyl (C=O) groups is 1. The van der Waals surface area contributed by atoms with E-state index in [2.05, 4.69) is 43.4 Å². The van der Waals surface area contributed by atoms with E-state index in [1.807, 2.05) is 20.8 Å². The van der Waals surface area contributed by atoms with Crippen LogP contribution in [-0.4, -0.2) is 35.7 Å². The summed E-state index contributed by atoms with van der Waals surface area (Å²) in [4.78, 5) is 13.9. The van der Waals surface area contributed by atoms with Crippen LogP contribution in [0.5, 0.6) is 0 Å². The number of hydrogen-bond donors (Lipinski definition) is 1. The van der Waals surface area contributed by atoms with Gasteiger partial charge in [-0.3, -0.25) is 0 Å². The van der Waals surface area contributed by atoms with Gasteiger partial charge in [-0.05, 0) is 46.6 Å². The van der Waals surface area contributed by atoms with E-state index in [1.165, 1.54) is 11.1 Å². The average Bonchev–Trinajstić information content (AvgIpc) is 2.86. The van der Waals surface area contributed by atoms with Crippen molar-refractivity contribution in [3.05, 3.63) is 35.4 Å². The molecule has 4 nitrogen and oxygen atoms in total. The van der Waals surface area contributed by atoms with E-state index in [4.69, 9.17) is 4.74 Å². The summed E-state index contributed by atoms with van der Waals surface area (Å²) in [5.41, 5.74) is 2.12. The lowest BCUT2D eigenvalue weighted by Gasteiger charge is -2.25. The molecule has 1 heterocycles. The minimum Gasteiger partial charge on any atom is -0.444 e. The van der Waals surface area contributed by atoms with Crippen molar-refractivity contribution in [3.8, 4) is 0 Å². The number of ether oxygens (including phenoxy) is 1. The fraction of sp³-hybridized carbons (Fsp3) is 0.611. The van der Waals surface area contributed by atoms with Gasteiger partial charge < -0.3 is 15.0 Å². The Bertz CT molecular complexity index is 505. The van der Waals surface area contributed by atoms with Crippen LogP contribution < -0.4 is 5.32 Å². The number of amides is 1. The molecule has 0 radical (unpaired) electrons. The van der Waals surface area contributed by atoms with Crippen molar-refractivity contribution < 1.29 is 9.53 Å². The molecule has 0 aromatic heterocycles. The van der Waals surface area contributed by atoms with Gasteiger partial charge in [-0.15, -0.1) is 0 Å². The molecule has 2 rings (SSSR count). The highest BCUT2D eigenvalue weighted by Crippen LogP contribution is 2.19. The predicted octanol–water partition coefficient (Wildman–Crippen LogP) is 3.66. The fourth-order valence-electron chi connectivity index (χ4n) is 2.69. The Hall–Kier alpha value is -1.55. The van der Waals surface area contributed by atoms with Crippen molar-refractivity contribution >= 4 is 6.09 Å². The van der Waals surface area contributed by atoms with Crippen molar-refractivity contribution in [2.24, 2.45) is 0 Å². The molecule has 2 unspecified atom stereocenters. The monoisotopic (exact) mass is 304 g/mol. The minimum atomic E-state index is -0.433. The number of carbonyl (C=O) groups excluding carboxylic acids is 1. The van der Waals surface area contributed by atoms with E-state index in [0.29, 0.717) is 12.6 Å². The third-order valence-electron chi connectivity index (χ3n) is 3.90. The first-order valence-electron chi connectivity index (χ1n) is 8.05. The summed E-state index contributed by atoms with van der Waals surface area (Å²) >= 11 is 0. The van der Waals surface area contributed by atoms with Gasteiger partial charge >= 0.3 is 6.09 Å². The number of rotatable bonds is 3. The van der Waals surface area contributed by atoms with Gasteiger partial charge in [0.2, 0.25) is 0 Å². The lowest BCUT2D eigenvalue weighted by atomic mass is 10.1. The van der Waals surface area contributed by atoms with Crippen LogP contribution in [0.3, 0.4) is 0 Å². The summed E-state index contributed by atoms with van der Waals surface area (Å²) in [5, 5.41) is 3.61. The summed E-state index contributed by atoms with van der Waals surface area (Å²) < 4.78 is 5.43. The van der Waals surface area contributed by atoms with Crippen LogP contribution in [0.25, 0.3) is 0 Å². The Kier molecular flexibility index (Phi) is 5.12. The van der Waals surface area contributed by atoms with Gasteiger partial charge in [0.1, 0.15) is 5.60 Å². The largest absolute Gasteiger partial charge is 0.444 e. The molecule has 1 saturated heterocycles. The maximum atomic E-state index is 12.1. The third-order valence-corrected chi connectivity index (χ3v) is 3.90. The van der Waals surface area contributed by atoms with Gasteiger partial charge in [-0.25, -0.2) is 4.79 Å². The van der Waals surface area contributed by atoms with Gasteiger partial charge in [0.05, 0.1) is 0 Å². The van der Waals surface area contributed by atoms with Crippen LogP contribution in [0, 0.1) is 6.92 Å². The van der Waals surface area contributed by atoms with Gasteiger partial charge in [0.15, 0.2) is 0 Å². The summed E-state index contributed by atoms with van der Waals surface area (Å²) in [6, 6.07) is 9.19. The molecule has 0 spiro atoms. The molecule has 1 aromatic carbocycles. The van der Waals surface area contributed by atoms with E-state index in [-0.39, 0.29) is 12.1 Å². The Labute approximate surface area is 133 Å². The molecule has 0 bridgehead atoms. The van der Waals surface area contributed by atoms with E-state index in [9.17, 15) is 4.79 Å². The van der Waals surface area contributed by atoms with Crippen molar-refractivity contribution in [2.75, 3.05) is 13.1 Å². The zero-order chi connectivity index (χ0) is 16.3. The maximum absolute atomic E-state index is 12.1. The topological polar surface area (TPSA) is 41.6 Å². The summed E-state index contributed by atoms with van der Waals surface area (Å²) in [6.07, 6.45) is 0.759. The third kappa shape index (κ3) is 4.73. The molecule has 1 N–H and O–H groups in total. The molecule has 1 amide bonds. The van der Waals surface area contributed by atoms with Gasteiger partial charge in [-0.2, -0.15) is 0 Å². The van der Waals surface area contributed by atoms with E-state index >= 15 is 0 Å². The molecule has 122 valence electrons. The predicted molar refractivity (Wildman–Crippen MR) is 88.9 cm³/mol. The molecule has 2 atom stereocenters. The molecule has 22 heavy (non-hydrogen) atoms. The Balaban J connectivity index is 1.85. The zero-order valence-electron chi connectivity index (χ0n) is 14.3. The van der Waals surface area contributed by atoms with E-state index < -0.39 is 5.60 Å². The van der Waals surface area contributed by atoms with E-state index in [1.54, 1.807) is 4.90 Å². The standard InChI is InChI=1S/C18H28N2O2/c1-13-6-8-15(9-7-13)14(2)19-16-10-11-20(12-16)17(21)22-18(3,4)5/h6-9,14,16,19H,10-12H2,1-5H3. The summed E-state index contributed by atoms with van der Waals surface area (Å²) in [6.45, 7) is 11.4. The van der Waals surface area contributed by atoms with Crippen LogP contribution in [0.4, 0.5) is 4.79 Å². The van der Waals surface area contributed by atoms with E-state index in [0.717, 1.165) is 13.0 Å². The smallest absolute Gasteiger partial charge is 0.410 e. The average molecular weight is 304 g/mol. The number of aryl methyl sites for hydroxylation is 1. The second-order valence-electron chi connectivity index (χ2n) is 7.21. The van der Waals surface area contributed by atoms with Crippen LogP contribution in [-0.2, 0) is 4.74 Å². The molecule has 1 aliphatic rings. The van der Waals surface area contributed by atoms with Crippen molar-refractivity contribution in [1.82, 2.24) is 10.2 Å². The van der Waals surface area contributed by atoms with Gasteiger partial charge in [0, 0.05) is 25.2 Å². The lowest BCUT2D eigenvalue weighted by molar-refractivity contribution is 0.0290. The first kappa shape index (κ1) is 16.8. The number of nitrogens with zero attached hydrogens (tertiary/aromatic N) is 1. The van der Waals surface area contributed by atoms with Gasteiger partial charge in [-0.1, -0.05) is 29.8 Å². The quantitative estimate of drug-likeness (QED) is 0.926. The number of nitrogens with one attached hydrogen (secondary N) is 1. The first-order chi connectivity index (χ1) is 10.2. The SMILES string of the molecule is Cc1ccc(C(C)NC2CCN(C(=O)OC(C)(C)C)C2)cc1. The summed E-state index contributed by atoms with van der Waals surface area (Å²) in [5.74, 6) is 0. The molecule has 4 heteroatoms. The highest BCUT2D eigenvalue weighted by Gasteiger charge is 2.30. The summed E-state index contributed by atoms with van der Waals surface area (Å²) in [7, 11) is 0. The Morgan fingerprint density at radius 1 is 1.32 bits per heavy atom. The van der Waals surface area contributed by atoms with Crippen LogP contribution in [0.2, 0.25) is 0 Å². The lowest BCUT2D eigenvalue weighted by Crippen LogP contribution is -2.39.